The van der Waals surface area contributed by atoms with Crippen molar-refractivity contribution in [3.8, 4) is 18.4 Å². The lowest BCUT2D eigenvalue weighted by Gasteiger charge is -2.13. The van der Waals surface area contributed by atoms with Gasteiger partial charge in [-0.15, -0.1) is 12.3 Å². The Hall–Kier alpha value is -1.93. The summed E-state index contributed by atoms with van der Waals surface area (Å²) in [5.41, 5.74) is 2.70. The van der Waals surface area contributed by atoms with Crippen LogP contribution in [-0.2, 0) is 0 Å². The van der Waals surface area contributed by atoms with Crippen LogP contribution in [0.3, 0.4) is 0 Å². The van der Waals surface area contributed by atoms with Gasteiger partial charge in [0.15, 0.2) is 0 Å². The first-order chi connectivity index (χ1) is 7.17. The molecule has 0 aliphatic carbocycles. The highest BCUT2D eigenvalue weighted by atomic mass is 14.9. The standard InChI is InChI=1S/C13H14N2/c1-4-5-11(3)15-13-7-6-12(9-14)10(2)8-13/h1,6-8,11,15H,5H2,2-3H3. The third-order valence-corrected chi connectivity index (χ3v) is 2.18. The van der Waals surface area contributed by atoms with Gasteiger partial charge in [0, 0.05) is 18.2 Å². The Morgan fingerprint density at radius 2 is 2.27 bits per heavy atom. The number of nitriles is 1. The van der Waals surface area contributed by atoms with E-state index in [4.69, 9.17) is 11.7 Å². The smallest absolute Gasteiger partial charge is 0.0994 e. The summed E-state index contributed by atoms with van der Waals surface area (Å²) in [5.74, 6) is 2.61. The van der Waals surface area contributed by atoms with Crippen molar-refractivity contribution in [2.45, 2.75) is 26.3 Å². The molecule has 0 saturated heterocycles. The third-order valence-electron chi connectivity index (χ3n) is 2.18. The molecule has 1 aromatic rings. The van der Waals surface area contributed by atoms with Gasteiger partial charge in [-0.05, 0) is 37.6 Å². The average molecular weight is 198 g/mol. The van der Waals surface area contributed by atoms with Crippen LogP contribution < -0.4 is 5.32 Å². The molecule has 0 spiro atoms. The van der Waals surface area contributed by atoms with Crippen molar-refractivity contribution >= 4 is 5.69 Å². The molecular weight excluding hydrogens is 184 g/mol. The molecule has 2 heteroatoms. The second-order valence-corrected chi connectivity index (χ2v) is 3.60. The molecular formula is C13H14N2. The van der Waals surface area contributed by atoms with Crippen molar-refractivity contribution in [2.75, 3.05) is 5.32 Å². The number of nitrogens with one attached hydrogen (secondary N) is 1. The molecule has 0 amide bonds. The van der Waals surface area contributed by atoms with Gasteiger partial charge in [-0.1, -0.05) is 0 Å². The number of anilines is 1. The molecule has 2 nitrogen and oxygen atoms in total. The maximum absolute atomic E-state index is 8.78. The first-order valence-electron chi connectivity index (χ1n) is 4.88. The number of hydrogen-bond donors (Lipinski definition) is 1. The van der Waals surface area contributed by atoms with Crippen molar-refractivity contribution in [1.82, 2.24) is 0 Å². The van der Waals surface area contributed by atoms with Crippen LogP contribution >= 0.6 is 0 Å². The Bertz CT molecular complexity index is 421. The van der Waals surface area contributed by atoms with Gasteiger partial charge in [0.05, 0.1) is 11.6 Å². The normalized spacial score (nSPS) is 11.2. The molecule has 1 N–H and O–H groups in total. The molecule has 0 aliphatic rings. The fraction of sp³-hybridized carbons (Fsp3) is 0.308. The summed E-state index contributed by atoms with van der Waals surface area (Å²) in [5, 5.41) is 12.1. The highest BCUT2D eigenvalue weighted by Gasteiger charge is 2.02. The van der Waals surface area contributed by atoms with E-state index in [9.17, 15) is 0 Å². The monoisotopic (exact) mass is 198 g/mol. The van der Waals surface area contributed by atoms with E-state index in [0.29, 0.717) is 12.0 Å². The van der Waals surface area contributed by atoms with Crippen molar-refractivity contribution < 1.29 is 0 Å². The quantitative estimate of drug-likeness (QED) is 0.758. The second kappa shape index (κ2) is 5.08. The SMILES string of the molecule is C#CCC(C)Nc1ccc(C#N)c(C)c1. The molecule has 1 aromatic carbocycles. The molecule has 0 aliphatic heterocycles. The lowest BCUT2D eigenvalue weighted by Crippen LogP contribution is -2.14. The average Bonchev–Trinajstić information content (AvgIpc) is 2.18. The van der Waals surface area contributed by atoms with Crippen molar-refractivity contribution in [3.63, 3.8) is 0 Å². The van der Waals surface area contributed by atoms with Crippen LogP contribution in [0.4, 0.5) is 5.69 Å². The molecule has 0 heterocycles. The first kappa shape index (κ1) is 11.1. The molecule has 0 radical (unpaired) electrons. The number of hydrogen-bond acceptors (Lipinski definition) is 2. The minimum Gasteiger partial charge on any atom is -0.382 e. The molecule has 1 rings (SSSR count). The number of rotatable bonds is 3. The Morgan fingerprint density at radius 3 is 2.80 bits per heavy atom. The fourth-order valence-corrected chi connectivity index (χ4v) is 1.39. The summed E-state index contributed by atoms with van der Waals surface area (Å²) in [7, 11) is 0. The van der Waals surface area contributed by atoms with E-state index < -0.39 is 0 Å². The summed E-state index contributed by atoms with van der Waals surface area (Å²) in [6, 6.07) is 8.08. The molecule has 0 saturated carbocycles. The lowest BCUT2D eigenvalue weighted by atomic mass is 10.1. The summed E-state index contributed by atoms with van der Waals surface area (Å²) in [6.07, 6.45) is 5.92. The van der Waals surface area contributed by atoms with Crippen molar-refractivity contribution in [3.05, 3.63) is 29.3 Å². The molecule has 0 aromatic heterocycles. The van der Waals surface area contributed by atoms with Gasteiger partial charge in [0.25, 0.3) is 0 Å². The van der Waals surface area contributed by atoms with Crippen molar-refractivity contribution in [2.24, 2.45) is 0 Å². The number of aryl methyl sites for hydroxylation is 1. The minimum absolute atomic E-state index is 0.252. The van der Waals surface area contributed by atoms with Crippen molar-refractivity contribution in [1.29, 1.82) is 5.26 Å². The van der Waals surface area contributed by atoms with Gasteiger partial charge in [-0.3, -0.25) is 0 Å². The second-order valence-electron chi connectivity index (χ2n) is 3.60. The van der Waals surface area contributed by atoms with Gasteiger partial charge in [-0.25, -0.2) is 0 Å². The van der Waals surface area contributed by atoms with Crippen LogP contribution in [0.15, 0.2) is 18.2 Å². The maximum Gasteiger partial charge on any atom is 0.0994 e. The fourth-order valence-electron chi connectivity index (χ4n) is 1.39. The van der Waals surface area contributed by atoms with E-state index in [-0.39, 0.29) is 6.04 Å². The zero-order valence-corrected chi connectivity index (χ0v) is 9.04. The highest BCUT2D eigenvalue weighted by molar-refractivity contribution is 5.52. The maximum atomic E-state index is 8.78. The van der Waals surface area contributed by atoms with Crippen LogP contribution in [0.2, 0.25) is 0 Å². The summed E-state index contributed by atoms with van der Waals surface area (Å²) in [4.78, 5) is 0. The molecule has 0 bridgehead atoms. The van der Waals surface area contributed by atoms with Crippen LogP contribution in [-0.4, -0.2) is 6.04 Å². The zero-order valence-electron chi connectivity index (χ0n) is 9.04. The van der Waals surface area contributed by atoms with Gasteiger partial charge in [0.2, 0.25) is 0 Å². The van der Waals surface area contributed by atoms with Crippen LogP contribution in [0.1, 0.15) is 24.5 Å². The van der Waals surface area contributed by atoms with E-state index >= 15 is 0 Å². The predicted octanol–water partition coefficient (Wildman–Crippen LogP) is 2.69. The summed E-state index contributed by atoms with van der Waals surface area (Å²) < 4.78 is 0. The van der Waals surface area contributed by atoms with Gasteiger partial charge in [-0.2, -0.15) is 5.26 Å². The van der Waals surface area contributed by atoms with Crippen LogP contribution in [0, 0.1) is 30.6 Å². The number of nitrogens with zero attached hydrogens (tertiary/aromatic N) is 1. The lowest BCUT2D eigenvalue weighted by molar-refractivity contribution is 0.829. The minimum atomic E-state index is 0.252. The number of terminal acetylenes is 1. The topological polar surface area (TPSA) is 35.8 Å². The zero-order chi connectivity index (χ0) is 11.3. The van der Waals surface area contributed by atoms with Crippen LogP contribution in [0.5, 0.6) is 0 Å². The number of benzene rings is 1. The molecule has 1 unspecified atom stereocenters. The largest absolute Gasteiger partial charge is 0.382 e. The van der Waals surface area contributed by atoms with E-state index in [2.05, 4.69) is 17.3 Å². The van der Waals surface area contributed by atoms with Gasteiger partial charge in [0.1, 0.15) is 0 Å². The first-order valence-corrected chi connectivity index (χ1v) is 4.88. The Kier molecular flexibility index (Phi) is 3.77. The van der Waals surface area contributed by atoms with E-state index in [1.54, 1.807) is 0 Å². The Morgan fingerprint density at radius 1 is 1.53 bits per heavy atom. The van der Waals surface area contributed by atoms with E-state index in [1.165, 1.54) is 0 Å². The molecule has 76 valence electrons. The van der Waals surface area contributed by atoms with E-state index in [0.717, 1.165) is 11.3 Å². The summed E-state index contributed by atoms with van der Waals surface area (Å²) in [6.45, 7) is 3.96. The summed E-state index contributed by atoms with van der Waals surface area (Å²) >= 11 is 0. The molecule has 0 fully saturated rings. The van der Waals surface area contributed by atoms with Crippen LogP contribution in [0.25, 0.3) is 0 Å². The third kappa shape index (κ3) is 3.04. The Labute approximate surface area is 90.9 Å². The molecule has 15 heavy (non-hydrogen) atoms. The van der Waals surface area contributed by atoms with E-state index in [1.807, 2.05) is 32.0 Å². The van der Waals surface area contributed by atoms with Gasteiger partial charge < -0.3 is 5.32 Å². The van der Waals surface area contributed by atoms with Gasteiger partial charge >= 0.3 is 0 Å². The molecule has 1 atom stereocenters. The predicted molar refractivity (Wildman–Crippen MR) is 62.4 cm³/mol. The Balaban J connectivity index is 2.77. The highest BCUT2D eigenvalue weighted by Crippen LogP contribution is 2.15.